The molecule has 20 heteroatoms. The number of aldehydes is 1. The van der Waals surface area contributed by atoms with Crippen molar-refractivity contribution in [2.45, 2.75) is 116 Å². The Morgan fingerprint density at radius 1 is 0.709 bits per heavy atom. The van der Waals surface area contributed by atoms with Gasteiger partial charge in [0.25, 0.3) is 6.43 Å². The first kappa shape index (κ1) is 54.5. The number of aromatic nitrogens is 6. The van der Waals surface area contributed by atoms with Crippen LogP contribution in [0.1, 0.15) is 122 Å². The highest BCUT2D eigenvalue weighted by molar-refractivity contribution is 5.80. The number of hydrogen-bond donors (Lipinski definition) is 3. The van der Waals surface area contributed by atoms with Gasteiger partial charge in [0.2, 0.25) is 11.8 Å². The number of benzene rings is 2. The number of aryl methyl sites for hydroxylation is 2. The van der Waals surface area contributed by atoms with Gasteiger partial charge >= 0.3 is 0 Å². The molecule has 3 aromatic heterocycles. The number of hydrogen-bond acceptors (Lipinski definition) is 13. The fourth-order valence-corrected chi connectivity index (χ4v) is 13.4. The van der Waals surface area contributed by atoms with Gasteiger partial charge in [0.05, 0.1) is 24.8 Å². The fraction of sp³-hybridized carbons (Fsp3) is 0.559. The Morgan fingerprint density at radius 2 is 1.35 bits per heavy atom. The molecule has 0 aliphatic carbocycles. The molecule has 0 radical (unpaired) electrons. The summed E-state index contributed by atoms with van der Waals surface area (Å²) in [6.07, 6.45) is 14.6. The predicted molar refractivity (Wildman–Crippen MR) is 302 cm³/mol. The van der Waals surface area contributed by atoms with Crippen LogP contribution in [-0.4, -0.2) is 153 Å². The van der Waals surface area contributed by atoms with Gasteiger partial charge in [-0.15, -0.1) is 0 Å². The molecule has 2 amide bonds. The van der Waals surface area contributed by atoms with Crippen LogP contribution in [0.25, 0.3) is 16.7 Å². The van der Waals surface area contributed by atoms with E-state index < -0.39 is 6.43 Å². The van der Waals surface area contributed by atoms with Crippen LogP contribution in [0.15, 0.2) is 48.9 Å². The summed E-state index contributed by atoms with van der Waals surface area (Å²) < 4.78 is 35.4. The number of alkyl halides is 2. The first-order valence-electron chi connectivity index (χ1n) is 28.9. The van der Waals surface area contributed by atoms with E-state index in [1.807, 2.05) is 47.1 Å². The maximum Gasteiger partial charge on any atom is 0.264 e. The second-order valence-corrected chi connectivity index (χ2v) is 22.7. The smallest absolute Gasteiger partial charge is 0.264 e. The average molecular weight is 1080 g/mol. The molecule has 11 heterocycles. The van der Waals surface area contributed by atoms with E-state index in [4.69, 9.17) is 15.0 Å². The maximum atomic E-state index is 14.5. The second kappa shape index (κ2) is 23.7. The number of anilines is 4. The third-order valence-corrected chi connectivity index (χ3v) is 17.6. The highest BCUT2D eigenvalue weighted by Crippen LogP contribution is 2.45. The van der Waals surface area contributed by atoms with Crippen LogP contribution < -0.4 is 25.9 Å². The van der Waals surface area contributed by atoms with Crippen LogP contribution in [0.2, 0.25) is 0 Å². The Morgan fingerprint density at radius 3 is 2.00 bits per heavy atom. The largest absolute Gasteiger partial charge is 0.342 e. The topological polar surface area (TPSA) is 160 Å². The zero-order chi connectivity index (χ0) is 54.9. The Bertz CT molecular complexity index is 3050. The summed E-state index contributed by atoms with van der Waals surface area (Å²) in [5.41, 5.74) is 16.8. The lowest BCUT2D eigenvalue weighted by Gasteiger charge is -2.36. The van der Waals surface area contributed by atoms with Crippen LogP contribution in [0.3, 0.4) is 0 Å². The van der Waals surface area contributed by atoms with Gasteiger partial charge in [0, 0.05) is 150 Å². The molecule has 422 valence electrons. The number of rotatable bonds is 8. The van der Waals surface area contributed by atoms with E-state index in [1.165, 1.54) is 46.3 Å². The van der Waals surface area contributed by atoms with Crippen LogP contribution in [0.4, 0.5) is 31.8 Å². The number of nitrogens with zero attached hydrogens (tertiary/aromatic N) is 12. The first-order chi connectivity index (χ1) is 38.4. The van der Waals surface area contributed by atoms with Crippen molar-refractivity contribution in [1.82, 2.24) is 65.1 Å². The number of hydrazine groups is 1. The van der Waals surface area contributed by atoms with E-state index in [1.54, 1.807) is 13.0 Å². The molecule has 18 nitrogen and oxygen atoms in total. The Labute approximate surface area is 463 Å². The van der Waals surface area contributed by atoms with Crippen molar-refractivity contribution in [3.63, 3.8) is 0 Å². The third-order valence-electron chi connectivity index (χ3n) is 17.6. The third kappa shape index (κ3) is 11.2. The highest BCUT2D eigenvalue weighted by atomic mass is 19.3. The summed E-state index contributed by atoms with van der Waals surface area (Å²) in [6, 6.07) is 11.1. The number of carbonyl (C=O) groups is 3. The Hall–Kier alpha value is -6.48. The number of likely N-dealkylation sites (tertiary alicyclic amines) is 1. The molecule has 3 N–H and O–H groups in total. The molecule has 13 rings (SSSR count). The molecule has 8 aliphatic heterocycles. The summed E-state index contributed by atoms with van der Waals surface area (Å²) in [6.45, 7) is 14.0. The average Bonchev–Trinajstić information content (AvgIpc) is 4.54. The molecule has 0 spiro atoms. The number of nitrogens with one attached hydrogen (secondary N) is 3. The van der Waals surface area contributed by atoms with E-state index in [2.05, 4.69) is 81.6 Å². The maximum absolute atomic E-state index is 14.5. The molecule has 0 unspecified atom stereocenters. The number of likely N-dealkylation sites (N-methyl/N-ethyl adjacent to an activating group) is 1. The summed E-state index contributed by atoms with van der Waals surface area (Å²) >= 11 is 0. The lowest BCUT2D eigenvalue weighted by atomic mass is 9.92. The van der Waals surface area contributed by atoms with E-state index in [-0.39, 0.29) is 23.4 Å². The predicted octanol–water partition coefficient (Wildman–Crippen LogP) is 6.86. The molecule has 0 bridgehead atoms. The minimum atomic E-state index is -2.56. The summed E-state index contributed by atoms with van der Waals surface area (Å²) in [7, 11) is 5.98. The number of piperidine rings is 3. The van der Waals surface area contributed by atoms with E-state index >= 15 is 0 Å². The Balaban J connectivity index is 0.000000164. The lowest BCUT2D eigenvalue weighted by molar-refractivity contribution is -0.137. The zero-order valence-corrected chi connectivity index (χ0v) is 46.8. The minimum absolute atomic E-state index is 0.0882. The molecule has 79 heavy (non-hydrogen) atoms. The molecule has 5 aromatic rings. The van der Waals surface area contributed by atoms with Gasteiger partial charge in [0.15, 0.2) is 11.6 Å². The van der Waals surface area contributed by atoms with Gasteiger partial charge in [-0.3, -0.25) is 23.6 Å². The number of carbonyl (C=O) groups excluding carboxylic acids is 3. The SMILES string of the molecule is CC(=O)N1CCc2c(c(N3CCc4cc(-c5cnn(C)c5)ccc43)nn2C2CCNCC2)C1.CC=O.CN1CCc2c(c(N3CCCc4cc(C5=CN(C)NC5)c(C(F)F)cc43)nn2C2CCN(C(=O)C3CCNCC3)CC2)C1. The van der Waals surface area contributed by atoms with Crippen molar-refractivity contribution in [2.24, 2.45) is 13.0 Å². The van der Waals surface area contributed by atoms with Gasteiger partial charge in [0.1, 0.15) is 6.29 Å². The molecule has 0 atom stereocenters. The molecule has 0 saturated carbocycles. The van der Waals surface area contributed by atoms with E-state index in [0.29, 0.717) is 30.6 Å². The van der Waals surface area contributed by atoms with Crippen molar-refractivity contribution >= 4 is 46.7 Å². The van der Waals surface area contributed by atoms with Crippen LogP contribution in [-0.2, 0) is 60.2 Å². The van der Waals surface area contributed by atoms with Crippen molar-refractivity contribution in [3.05, 3.63) is 93.7 Å². The number of halogens is 2. The molecular weight excluding hydrogens is 1000 g/mol. The summed E-state index contributed by atoms with van der Waals surface area (Å²) in [5, 5.41) is 23.5. The van der Waals surface area contributed by atoms with Gasteiger partial charge in [-0.1, -0.05) is 6.07 Å². The number of amides is 2. The van der Waals surface area contributed by atoms with Gasteiger partial charge in [-0.25, -0.2) is 14.2 Å². The van der Waals surface area contributed by atoms with E-state index in [0.717, 1.165) is 183 Å². The van der Waals surface area contributed by atoms with Crippen molar-refractivity contribution < 1.29 is 23.2 Å². The van der Waals surface area contributed by atoms with Crippen molar-refractivity contribution in [3.8, 4) is 11.1 Å². The number of fused-ring (bicyclic) bond motifs is 4. The summed E-state index contributed by atoms with van der Waals surface area (Å²) in [4.78, 5) is 45.1. The van der Waals surface area contributed by atoms with Crippen LogP contribution in [0, 0.1) is 5.92 Å². The Kier molecular flexibility index (Phi) is 16.3. The van der Waals surface area contributed by atoms with Crippen LogP contribution in [0.5, 0.6) is 0 Å². The molecule has 3 fully saturated rings. The lowest BCUT2D eigenvalue weighted by Crippen LogP contribution is -2.45. The molecule has 2 aromatic carbocycles. The van der Waals surface area contributed by atoms with Crippen molar-refractivity contribution in [1.29, 1.82) is 0 Å². The van der Waals surface area contributed by atoms with Gasteiger partial charge in [-0.2, -0.15) is 15.3 Å². The van der Waals surface area contributed by atoms with Crippen molar-refractivity contribution in [2.75, 3.05) is 95.9 Å². The summed E-state index contributed by atoms with van der Waals surface area (Å²) in [5.74, 6) is 2.58. The minimum Gasteiger partial charge on any atom is -0.342 e. The standard InChI is InChI=1S/C32H44F2N8O.C25H31N7O.C2H4O/c1-38-13-9-28-27(20-38)31(37-42(28)24-7-14-40(15-8-24)32(43)21-5-10-35-11-6-21)41-12-3-4-22-16-25(23-18-36-39(2)19-23)26(30(33)34)17-29(22)41;1-17(33)30-11-8-24-22(16-30)25(28-32(24)21-5-9-26-10-6-21)31-12-7-19-13-18(3-4-23(19)31)20-14-27-29(2)15-20;1-2-3/h16-17,19,21,24,30,35-36H,3-15,18,20H2,1-2H3;3-4,13-15,21,26H,5-12,16H2,1-2H3;2H,1H3. The molecular formula is C59H79F2N15O3. The van der Waals surface area contributed by atoms with E-state index in [9.17, 15) is 18.4 Å². The second-order valence-electron chi connectivity index (χ2n) is 22.7. The quantitative estimate of drug-likeness (QED) is 0.139. The highest BCUT2D eigenvalue weighted by Gasteiger charge is 2.37. The molecule has 8 aliphatic rings. The normalized spacial score (nSPS) is 20.0. The molecule has 3 saturated heterocycles. The zero-order valence-electron chi connectivity index (χ0n) is 46.8. The fourth-order valence-electron chi connectivity index (χ4n) is 13.4. The van der Waals surface area contributed by atoms with Gasteiger partial charge < -0.3 is 44.9 Å². The van der Waals surface area contributed by atoms with Crippen LogP contribution >= 0.6 is 0 Å². The first-order valence-corrected chi connectivity index (χ1v) is 28.9. The monoisotopic (exact) mass is 1080 g/mol. The van der Waals surface area contributed by atoms with Gasteiger partial charge in [-0.05, 0) is 150 Å².